The van der Waals surface area contributed by atoms with Gasteiger partial charge >= 0.3 is 0 Å². The summed E-state index contributed by atoms with van der Waals surface area (Å²) < 4.78 is 13.8. The minimum absolute atomic E-state index is 0.129. The highest BCUT2D eigenvalue weighted by Crippen LogP contribution is 2.24. The van der Waals surface area contributed by atoms with Crippen LogP contribution in [-0.4, -0.2) is 44.7 Å². The van der Waals surface area contributed by atoms with Gasteiger partial charge in [-0.25, -0.2) is 4.39 Å². The average Bonchev–Trinajstić information content (AvgIpc) is 2.47. The van der Waals surface area contributed by atoms with Gasteiger partial charge in [0.1, 0.15) is 5.82 Å². The van der Waals surface area contributed by atoms with Crippen LogP contribution in [0.1, 0.15) is 31.7 Å². The standard InChI is InChI=1S/C17H28FN3/c1-4-7-19-13-14-10-15(18)12-17(11-14)21-8-5-16(6-9-21)20(2)3/h10-12,16,19H,4-9,13H2,1-3H3. The largest absolute Gasteiger partial charge is 0.371 e. The fourth-order valence-corrected chi connectivity index (χ4v) is 2.97. The van der Waals surface area contributed by atoms with E-state index in [0.29, 0.717) is 6.04 Å². The van der Waals surface area contributed by atoms with Crippen LogP contribution in [0.2, 0.25) is 0 Å². The smallest absolute Gasteiger partial charge is 0.125 e. The lowest BCUT2D eigenvalue weighted by molar-refractivity contribution is 0.249. The molecule has 1 fully saturated rings. The van der Waals surface area contributed by atoms with Gasteiger partial charge in [0, 0.05) is 31.4 Å². The molecule has 0 amide bonds. The second kappa shape index (κ2) is 7.76. The predicted molar refractivity (Wildman–Crippen MR) is 87.3 cm³/mol. The Morgan fingerprint density at radius 3 is 2.57 bits per heavy atom. The second-order valence-corrected chi connectivity index (χ2v) is 6.18. The van der Waals surface area contributed by atoms with E-state index in [1.54, 1.807) is 12.1 Å². The van der Waals surface area contributed by atoms with Crippen molar-refractivity contribution in [3.05, 3.63) is 29.6 Å². The molecule has 1 heterocycles. The van der Waals surface area contributed by atoms with Gasteiger partial charge in [0.15, 0.2) is 0 Å². The lowest BCUT2D eigenvalue weighted by Gasteiger charge is -2.36. The number of halogens is 1. The summed E-state index contributed by atoms with van der Waals surface area (Å²) in [7, 11) is 4.28. The molecular weight excluding hydrogens is 265 g/mol. The van der Waals surface area contributed by atoms with E-state index in [4.69, 9.17) is 0 Å². The minimum Gasteiger partial charge on any atom is -0.371 e. The predicted octanol–water partition coefficient (Wildman–Crippen LogP) is 2.86. The Morgan fingerprint density at radius 1 is 1.24 bits per heavy atom. The molecule has 0 unspecified atom stereocenters. The van der Waals surface area contributed by atoms with Crippen LogP contribution >= 0.6 is 0 Å². The molecule has 1 aliphatic heterocycles. The summed E-state index contributed by atoms with van der Waals surface area (Å²) in [5.41, 5.74) is 2.06. The minimum atomic E-state index is -0.129. The van der Waals surface area contributed by atoms with E-state index in [9.17, 15) is 4.39 Å². The van der Waals surface area contributed by atoms with E-state index < -0.39 is 0 Å². The molecule has 0 atom stereocenters. The Hall–Kier alpha value is -1.13. The fourth-order valence-electron chi connectivity index (χ4n) is 2.97. The van der Waals surface area contributed by atoms with Crippen LogP contribution in [-0.2, 0) is 6.54 Å². The first-order valence-electron chi connectivity index (χ1n) is 8.01. The first-order chi connectivity index (χ1) is 10.1. The SMILES string of the molecule is CCCNCc1cc(F)cc(N2CCC(N(C)C)CC2)c1. The summed E-state index contributed by atoms with van der Waals surface area (Å²) in [6.45, 7) is 5.87. The van der Waals surface area contributed by atoms with Crippen LogP contribution in [0, 0.1) is 5.82 Å². The fraction of sp³-hybridized carbons (Fsp3) is 0.647. The molecule has 21 heavy (non-hydrogen) atoms. The molecule has 1 N–H and O–H groups in total. The molecule has 2 rings (SSSR count). The Bertz CT molecular complexity index is 440. The van der Waals surface area contributed by atoms with Crippen molar-refractivity contribution in [1.29, 1.82) is 0 Å². The van der Waals surface area contributed by atoms with E-state index in [-0.39, 0.29) is 5.82 Å². The second-order valence-electron chi connectivity index (χ2n) is 6.18. The third kappa shape index (κ3) is 4.68. The Balaban J connectivity index is 1.99. The summed E-state index contributed by atoms with van der Waals surface area (Å²) in [6, 6.07) is 6.08. The zero-order valence-electron chi connectivity index (χ0n) is 13.5. The van der Waals surface area contributed by atoms with Gasteiger partial charge in [-0.3, -0.25) is 0 Å². The van der Waals surface area contributed by atoms with E-state index in [2.05, 4.69) is 42.2 Å². The summed E-state index contributed by atoms with van der Waals surface area (Å²) >= 11 is 0. The van der Waals surface area contributed by atoms with Crippen molar-refractivity contribution in [3.63, 3.8) is 0 Å². The number of nitrogens with zero attached hydrogens (tertiary/aromatic N) is 2. The topological polar surface area (TPSA) is 18.5 Å². The molecule has 1 aromatic carbocycles. The molecule has 0 saturated carbocycles. The Labute approximate surface area is 128 Å². The molecule has 0 bridgehead atoms. The van der Waals surface area contributed by atoms with Crippen molar-refractivity contribution in [1.82, 2.24) is 10.2 Å². The van der Waals surface area contributed by atoms with Gasteiger partial charge in [-0.2, -0.15) is 0 Å². The van der Waals surface area contributed by atoms with Crippen molar-refractivity contribution in [2.75, 3.05) is 38.6 Å². The highest BCUT2D eigenvalue weighted by atomic mass is 19.1. The highest BCUT2D eigenvalue weighted by Gasteiger charge is 2.21. The van der Waals surface area contributed by atoms with Crippen molar-refractivity contribution < 1.29 is 4.39 Å². The van der Waals surface area contributed by atoms with Crippen molar-refractivity contribution in [3.8, 4) is 0 Å². The van der Waals surface area contributed by atoms with Crippen molar-refractivity contribution >= 4 is 5.69 Å². The van der Waals surface area contributed by atoms with Crippen LogP contribution in [0.25, 0.3) is 0 Å². The van der Waals surface area contributed by atoms with Gasteiger partial charge in [0.2, 0.25) is 0 Å². The normalized spacial score (nSPS) is 16.7. The maximum absolute atomic E-state index is 13.8. The number of anilines is 1. The zero-order valence-corrected chi connectivity index (χ0v) is 13.5. The van der Waals surface area contributed by atoms with Crippen molar-refractivity contribution in [2.45, 2.75) is 38.8 Å². The summed E-state index contributed by atoms with van der Waals surface area (Å²) in [6.07, 6.45) is 3.39. The number of piperidine rings is 1. The van der Waals surface area contributed by atoms with E-state index in [1.165, 1.54) is 0 Å². The first kappa shape index (κ1) is 16.2. The van der Waals surface area contributed by atoms with Gasteiger partial charge in [-0.15, -0.1) is 0 Å². The molecule has 0 radical (unpaired) electrons. The molecule has 1 saturated heterocycles. The van der Waals surface area contributed by atoms with Gasteiger partial charge < -0.3 is 15.1 Å². The Morgan fingerprint density at radius 2 is 1.95 bits per heavy atom. The number of rotatable bonds is 6. The van der Waals surface area contributed by atoms with Crippen LogP contribution in [0.4, 0.5) is 10.1 Å². The molecule has 4 heteroatoms. The first-order valence-corrected chi connectivity index (χ1v) is 8.01. The molecule has 3 nitrogen and oxygen atoms in total. The van der Waals surface area contributed by atoms with Crippen LogP contribution in [0.5, 0.6) is 0 Å². The lowest BCUT2D eigenvalue weighted by Crippen LogP contribution is -2.42. The zero-order chi connectivity index (χ0) is 15.2. The van der Waals surface area contributed by atoms with Crippen LogP contribution in [0.3, 0.4) is 0 Å². The third-order valence-corrected chi connectivity index (χ3v) is 4.26. The quantitative estimate of drug-likeness (QED) is 0.814. The van der Waals surface area contributed by atoms with E-state index >= 15 is 0 Å². The van der Waals surface area contributed by atoms with Gasteiger partial charge in [0.05, 0.1) is 0 Å². The number of hydrogen-bond acceptors (Lipinski definition) is 3. The number of hydrogen-bond donors (Lipinski definition) is 1. The molecule has 1 aromatic rings. The monoisotopic (exact) mass is 293 g/mol. The van der Waals surface area contributed by atoms with Gasteiger partial charge in [-0.05, 0) is 63.7 Å². The highest BCUT2D eigenvalue weighted by molar-refractivity contribution is 5.49. The molecule has 0 spiro atoms. The summed E-state index contributed by atoms with van der Waals surface area (Å²) in [5.74, 6) is -0.129. The molecule has 0 aliphatic carbocycles. The van der Waals surface area contributed by atoms with E-state index in [0.717, 1.165) is 56.7 Å². The maximum atomic E-state index is 13.8. The van der Waals surface area contributed by atoms with Gasteiger partial charge in [0.25, 0.3) is 0 Å². The van der Waals surface area contributed by atoms with Gasteiger partial charge in [-0.1, -0.05) is 6.92 Å². The summed E-state index contributed by atoms with van der Waals surface area (Å²) in [4.78, 5) is 4.61. The van der Waals surface area contributed by atoms with Crippen molar-refractivity contribution in [2.24, 2.45) is 0 Å². The molecule has 1 aliphatic rings. The average molecular weight is 293 g/mol. The number of benzene rings is 1. The van der Waals surface area contributed by atoms with Crippen LogP contribution in [0.15, 0.2) is 18.2 Å². The lowest BCUT2D eigenvalue weighted by atomic mass is 10.0. The molecule has 0 aromatic heterocycles. The summed E-state index contributed by atoms with van der Waals surface area (Å²) in [5, 5.41) is 3.34. The third-order valence-electron chi connectivity index (χ3n) is 4.26. The molecule has 118 valence electrons. The Kier molecular flexibility index (Phi) is 6.00. The van der Waals surface area contributed by atoms with Crippen LogP contribution < -0.4 is 10.2 Å². The molecular formula is C17H28FN3. The number of nitrogens with one attached hydrogen (secondary N) is 1. The maximum Gasteiger partial charge on any atom is 0.125 e. The van der Waals surface area contributed by atoms with E-state index in [1.807, 2.05) is 0 Å².